The summed E-state index contributed by atoms with van der Waals surface area (Å²) in [5.41, 5.74) is 2.14. The molecule has 5 rings (SSSR count). The Morgan fingerprint density at radius 1 is 1.00 bits per heavy atom. The van der Waals surface area contributed by atoms with Gasteiger partial charge in [-0.05, 0) is 47.9 Å². The van der Waals surface area contributed by atoms with Crippen molar-refractivity contribution in [1.82, 2.24) is 14.8 Å². The Morgan fingerprint density at radius 2 is 1.80 bits per heavy atom. The third-order valence-corrected chi connectivity index (χ3v) is 6.30. The number of amides is 2. The predicted octanol–water partition coefficient (Wildman–Crippen LogP) is 4.13. The highest BCUT2D eigenvalue weighted by atomic mass is 35.5. The summed E-state index contributed by atoms with van der Waals surface area (Å²) in [6.07, 6.45) is 4.47. The first-order chi connectivity index (χ1) is 14.6. The van der Waals surface area contributed by atoms with Gasteiger partial charge in [0, 0.05) is 42.5 Å². The maximum Gasteiger partial charge on any atom is 0.257 e. The van der Waals surface area contributed by atoms with Gasteiger partial charge in [0.2, 0.25) is 0 Å². The fourth-order valence-electron chi connectivity index (χ4n) is 4.70. The number of carbonyl (C=O) groups excluding carboxylic acids is 2. The summed E-state index contributed by atoms with van der Waals surface area (Å²) in [4.78, 5) is 35.0. The van der Waals surface area contributed by atoms with Crippen molar-refractivity contribution in [3.05, 3.63) is 100 Å². The van der Waals surface area contributed by atoms with Gasteiger partial charge in [-0.25, -0.2) is 0 Å². The molecule has 0 spiro atoms. The highest BCUT2D eigenvalue weighted by Crippen LogP contribution is 2.44. The molecule has 3 heterocycles. The van der Waals surface area contributed by atoms with E-state index in [1.807, 2.05) is 58.3 Å². The molecule has 6 heteroatoms. The van der Waals surface area contributed by atoms with Gasteiger partial charge in [0.25, 0.3) is 11.8 Å². The first-order valence-electron chi connectivity index (χ1n) is 9.99. The van der Waals surface area contributed by atoms with Crippen LogP contribution < -0.4 is 0 Å². The molecule has 2 aliphatic heterocycles. The lowest BCUT2D eigenvalue weighted by molar-refractivity contribution is -0.0621. The number of hydrogen-bond acceptors (Lipinski definition) is 3. The summed E-state index contributed by atoms with van der Waals surface area (Å²) < 4.78 is 0. The number of rotatable bonds is 2. The number of hydrogen-bond donors (Lipinski definition) is 0. The van der Waals surface area contributed by atoms with Gasteiger partial charge in [-0.2, -0.15) is 0 Å². The van der Waals surface area contributed by atoms with Crippen LogP contribution in [0.2, 0.25) is 5.02 Å². The molecular formula is C24H20ClN3O2. The molecule has 2 aliphatic rings. The normalized spacial score (nSPS) is 20.5. The Balaban J connectivity index is 1.72. The topological polar surface area (TPSA) is 53.5 Å². The first kappa shape index (κ1) is 18.8. The molecule has 0 aliphatic carbocycles. The smallest absolute Gasteiger partial charge is 0.257 e. The largest absolute Gasteiger partial charge is 0.311 e. The van der Waals surface area contributed by atoms with Gasteiger partial charge in [0.1, 0.15) is 5.66 Å². The van der Waals surface area contributed by atoms with E-state index in [1.165, 1.54) is 0 Å². The lowest BCUT2D eigenvalue weighted by Crippen LogP contribution is -2.68. The summed E-state index contributed by atoms with van der Waals surface area (Å²) in [5, 5.41) is 0.616. The molecule has 30 heavy (non-hydrogen) atoms. The molecule has 1 fully saturated rings. The van der Waals surface area contributed by atoms with Gasteiger partial charge < -0.3 is 9.80 Å². The second kappa shape index (κ2) is 7.26. The quantitative estimate of drug-likeness (QED) is 0.630. The second-order valence-electron chi connectivity index (χ2n) is 7.67. The molecule has 2 aromatic carbocycles. The number of aromatic nitrogens is 1. The second-order valence-corrected chi connectivity index (χ2v) is 8.10. The molecule has 0 N–H and O–H groups in total. The van der Waals surface area contributed by atoms with E-state index in [2.05, 4.69) is 4.98 Å². The molecule has 2 amide bonds. The lowest BCUT2D eigenvalue weighted by atomic mass is 9.80. The minimum atomic E-state index is -0.902. The minimum Gasteiger partial charge on any atom is -0.311 e. The zero-order chi connectivity index (χ0) is 20.7. The number of nitrogens with zero attached hydrogens (tertiary/aromatic N) is 3. The Morgan fingerprint density at radius 3 is 2.57 bits per heavy atom. The van der Waals surface area contributed by atoms with E-state index < -0.39 is 5.66 Å². The van der Waals surface area contributed by atoms with Crippen LogP contribution in [-0.2, 0) is 12.1 Å². The van der Waals surface area contributed by atoms with E-state index in [9.17, 15) is 9.59 Å². The zero-order valence-electron chi connectivity index (χ0n) is 16.3. The maximum absolute atomic E-state index is 13.6. The third-order valence-electron chi connectivity index (χ3n) is 6.05. The molecular weight excluding hydrogens is 398 g/mol. The van der Waals surface area contributed by atoms with Gasteiger partial charge in [-0.3, -0.25) is 14.6 Å². The SMILES string of the molecule is O=C(c1cccnc1)N1CCCN2C(=O)c3ccccc3CC12c1ccc(Cl)cc1. The van der Waals surface area contributed by atoms with Crippen LogP contribution in [0.4, 0.5) is 0 Å². The highest BCUT2D eigenvalue weighted by molar-refractivity contribution is 6.30. The van der Waals surface area contributed by atoms with Crippen LogP contribution in [0.5, 0.6) is 0 Å². The van der Waals surface area contributed by atoms with Crippen LogP contribution in [-0.4, -0.2) is 39.7 Å². The average Bonchev–Trinajstić information content (AvgIpc) is 2.79. The molecule has 1 aromatic heterocycles. The predicted molar refractivity (Wildman–Crippen MR) is 114 cm³/mol. The minimum absolute atomic E-state index is 0.0458. The Kier molecular flexibility index (Phi) is 4.55. The van der Waals surface area contributed by atoms with E-state index in [0.29, 0.717) is 35.7 Å². The van der Waals surface area contributed by atoms with Crippen molar-refractivity contribution >= 4 is 23.4 Å². The fourth-order valence-corrected chi connectivity index (χ4v) is 4.83. The van der Waals surface area contributed by atoms with Crippen molar-refractivity contribution in [2.45, 2.75) is 18.5 Å². The lowest BCUT2D eigenvalue weighted by Gasteiger charge is -2.56. The van der Waals surface area contributed by atoms with Crippen LogP contribution in [0.1, 0.15) is 38.3 Å². The maximum atomic E-state index is 13.6. The molecule has 0 saturated carbocycles. The fraction of sp³-hybridized carbons (Fsp3) is 0.208. The Hall–Kier alpha value is -3.18. The third kappa shape index (κ3) is 2.81. The van der Waals surface area contributed by atoms with E-state index in [-0.39, 0.29) is 11.8 Å². The molecule has 1 atom stereocenters. The average molecular weight is 418 g/mol. The molecule has 0 radical (unpaired) electrons. The monoisotopic (exact) mass is 417 g/mol. The van der Waals surface area contributed by atoms with Gasteiger partial charge in [0.05, 0.1) is 5.56 Å². The van der Waals surface area contributed by atoms with Crippen molar-refractivity contribution in [3.63, 3.8) is 0 Å². The number of benzene rings is 2. The van der Waals surface area contributed by atoms with E-state index in [0.717, 1.165) is 17.5 Å². The summed E-state index contributed by atoms with van der Waals surface area (Å²) in [5.74, 6) is -0.176. The summed E-state index contributed by atoms with van der Waals surface area (Å²) in [6.45, 7) is 1.15. The van der Waals surface area contributed by atoms with E-state index in [1.54, 1.807) is 24.5 Å². The van der Waals surface area contributed by atoms with Crippen LogP contribution in [0.15, 0.2) is 73.1 Å². The van der Waals surface area contributed by atoms with Crippen molar-refractivity contribution in [2.24, 2.45) is 0 Å². The van der Waals surface area contributed by atoms with Crippen molar-refractivity contribution < 1.29 is 9.59 Å². The van der Waals surface area contributed by atoms with Gasteiger partial charge in [-0.1, -0.05) is 41.9 Å². The van der Waals surface area contributed by atoms with E-state index in [4.69, 9.17) is 11.6 Å². The highest BCUT2D eigenvalue weighted by Gasteiger charge is 2.53. The van der Waals surface area contributed by atoms with Gasteiger partial charge in [-0.15, -0.1) is 0 Å². The van der Waals surface area contributed by atoms with Crippen LogP contribution in [0.25, 0.3) is 0 Å². The number of halogens is 1. The molecule has 3 aromatic rings. The summed E-state index contributed by atoms with van der Waals surface area (Å²) in [7, 11) is 0. The van der Waals surface area contributed by atoms with Crippen molar-refractivity contribution in [3.8, 4) is 0 Å². The van der Waals surface area contributed by atoms with Crippen LogP contribution in [0, 0.1) is 0 Å². The molecule has 5 nitrogen and oxygen atoms in total. The number of fused-ring (bicyclic) bond motifs is 2. The van der Waals surface area contributed by atoms with Crippen molar-refractivity contribution in [1.29, 1.82) is 0 Å². The van der Waals surface area contributed by atoms with Gasteiger partial charge in [0.15, 0.2) is 0 Å². The standard InChI is InChI=1S/C24H20ClN3O2/c25-20-10-8-19(9-11-20)24-15-17-5-1-2-7-21(17)23(30)28(24)14-4-13-27(24)22(29)18-6-3-12-26-16-18/h1-3,5-12,16H,4,13-15H2. The Labute approximate surface area is 179 Å². The van der Waals surface area contributed by atoms with Crippen LogP contribution in [0.3, 0.4) is 0 Å². The summed E-state index contributed by atoms with van der Waals surface area (Å²) in [6, 6.07) is 18.7. The Bertz CT molecular complexity index is 1120. The van der Waals surface area contributed by atoms with Gasteiger partial charge >= 0.3 is 0 Å². The first-order valence-corrected chi connectivity index (χ1v) is 10.4. The zero-order valence-corrected chi connectivity index (χ0v) is 17.0. The molecule has 1 unspecified atom stereocenters. The van der Waals surface area contributed by atoms with Crippen LogP contribution >= 0.6 is 11.6 Å². The van der Waals surface area contributed by atoms with E-state index >= 15 is 0 Å². The summed E-state index contributed by atoms with van der Waals surface area (Å²) >= 11 is 6.16. The molecule has 0 bridgehead atoms. The van der Waals surface area contributed by atoms with Crippen molar-refractivity contribution in [2.75, 3.05) is 13.1 Å². The number of pyridine rings is 1. The molecule has 1 saturated heterocycles. The molecule has 150 valence electrons. The number of carbonyl (C=O) groups is 2.